The van der Waals surface area contributed by atoms with Gasteiger partial charge in [0.25, 0.3) is 0 Å². The molecule has 0 aliphatic carbocycles. The Hall–Kier alpha value is -1.91. The van der Waals surface area contributed by atoms with Crippen molar-refractivity contribution in [3.63, 3.8) is 0 Å². The number of hydrogen-bond donors (Lipinski definition) is 3. The Labute approximate surface area is 228 Å². The summed E-state index contributed by atoms with van der Waals surface area (Å²) in [6.07, 6.45) is 0.329. The van der Waals surface area contributed by atoms with E-state index in [1.807, 2.05) is 32.0 Å². The molecule has 210 valence electrons. The molecule has 0 bridgehead atoms. The maximum absolute atomic E-state index is 13.5. The summed E-state index contributed by atoms with van der Waals surface area (Å²) in [7, 11) is 0. The van der Waals surface area contributed by atoms with Crippen LogP contribution in [-0.2, 0) is 25.6 Å². The number of cyclic esters (lactones) is 1. The highest BCUT2D eigenvalue weighted by molar-refractivity contribution is 7.18. The van der Waals surface area contributed by atoms with Gasteiger partial charge in [-0.15, -0.1) is 11.3 Å². The summed E-state index contributed by atoms with van der Waals surface area (Å²) in [6.45, 7) is 9.56. The van der Waals surface area contributed by atoms with Gasteiger partial charge in [0.05, 0.1) is 46.0 Å². The molecule has 7 atom stereocenters. The molecule has 3 heterocycles. The first kappa shape index (κ1) is 29.1. The standard InChI is InChI=1S/C29H42N2O6S/c1-6-18-26(34)16(2)8-7-11-29(5)23(37-29)13-20(36-25(33)14-22(32)28(3,4)27(18)35)17-9-10-21-19(12-17)31-24(15-30)38-21/h9-10,12,16,18,20,22-23,26,32,34H,6-8,11,13-15,30H2,1-5H3/t16-,18-,20-,22-,23-,26-,29-/m0/s1. The molecule has 0 spiro atoms. The molecule has 0 unspecified atom stereocenters. The number of ether oxygens (including phenoxy) is 2. The van der Waals surface area contributed by atoms with Gasteiger partial charge < -0.3 is 25.4 Å². The van der Waals surface area contributed by atoms with Gasteiger partial charge in [-0.25, -0.2) is 4.98 Å². The molecule has 0 amide bonds. The molecule has 2 aromatic rings. The van der Waals surface area contributed by atoms with E-state index < -0.39 is 35.6 Å². The lowest BCUT2D eigenvalue weighted by Crippen LogP contribution is -2.46. The number of carbonyl (C=O) groups excluding carboxylic acids is 2. The van der Waals surface area contributed by atoms with Gasteiger partial charge in [-0.3, -0.25) is 9.59 Å². The Kier molecular flexibility index (Phi) is 8.64. The van der Waals surface area contributed by atoms with Gasteiger partial charge in [-0.05, 0) is 49.8 Å². The van der Waals surface area contributed by atoms with Crippen molar-refractivity contribution >= 4 is 33.3 Å². The molecule has 0 radical (unpaired) electrons. The fraction of sp³-hybridized carbons (Fsp3) is 0.690. The Bertz CT molecular complexity index is 1170. The summed E-state index contributed by atoms with van der Waals surface area (Å²) in [4.78, 5) is 31.2. The molecule has 8 nitrogen and oxygen atoms in total. The smallest absolute Gasteiger partial charge is 0.309 e. The second kappa shape index (κ2) is 11.3. The Morgan fingerprint density at radius 2 is 1.95 bits per heavy atom. The van der Waals surface area contributed by atoms with E-state index >= 15 is 0 Å². The number of ketones is 1. The number of fused-ring (bicyclic) bond motifs is 2. The molecule has 2 fully saturated rings. The van der Waals surface area contributed by atoms with E-state index in [2.05, 4.69) is 11.9 Å². The first-order valence-corrected chi connectivity index (χ1v) is 14.6. The second-order valence-corrected chi connectivity index (χ2v) is 13.0. The van der Waals surface area contributed by atoms with Crippen LogP contribution in [0.1, 0.15) is 89.8 Å². The van der Waals surface area contributed by atoms with Gasteiger partial charge in [0.15, 0.2) is 0 Å². The number of nitrogens with zero attached hydrogens (tertiary/aromatic N) is 1. The number of carbonyl (C=O) groups is 2. The van der Waals surface area contributed by atoms with E-state index in [1.54, 1.807) is 13.8 Å². The van der Waals surface area contributed by atoms with E-state index in [4.69, 9.17) is 15.2 Å². The zero-order chi connectivity index (χ0) is 27.8. The summed E-state index contributed by atoms with van der Waals surface area (Å²) in [5, 5.41) is 22.9. The highest BCUT2D eigenvalue weighted by Gasteiger charge is 2.53. The van der Waals surface area contributed by atoms with E-state index in [9.17, 15) is 19.8 Å². The lowest BCUT2D eigenvalue weighted by atomic mass is 9.71. The first-order chi connectivity index (χ1) is 17.9. The van der Waals surface area contributed by atoms with Crippen molar-refractivity contribution in [2.24, 2.45) is 23.0 Å². The number of esters is 1. The largest absolute Gasteiger partial charge is 0.457 e. The van der Waals surface area contributed by atoms with Crippen molar-refractivity contribution in [3.8, 4) is 0 Å². The predicted molar refractivity (Wildman–Crippen MR) is 146 cm³/mol. The van der Waals surface area contributed by atoms with Crippen LogP contribution < -0.4 is 5.73 Å². The number of aliphatic hydroxyl groups is 2. The fourth-order valence-electron chi connectivity index (χ4n) is 5.72. The van der Waals surface area contributed by atoms with Crippen LogP contribution in [0.15, 0.2) is 18.2 Å². The van der Waals surface area contributed by atoms with Crippen molar-refractivity contribution in [3.05, 3.63) is 28.8 Å². The van der Waals surface area contributed by atoms with Gasteiger partial charge in [-0.2, -0.15) is 0 Å². The number of thiazole rings is 1. The van der Waals surface area contributed by atoms with Gasteiger partial charge >= 0.3 is 5.97 Å². The van der Waals surface area contributed by atoms with Gasteiger partial charge in [0.1, 0.15) is 16.9 Å². The average molecular weight is 547 g/mol. The van der Waals surface area contributed by atoms with Crippen LogP contribution in [0.4, 0.5) is 0 Å². The number of rotatable bonds is 3. The number of aromatic nitrogens is 1. The number of epoxide rings is 1. The highest BCUT2D eigenvalue weighted by atomic mass is 32.1. The maximum atomic E-state index is 13.5. The number of aliphatic hydroxyl groups excluding tert-OH is 2. The quantitative estimate of drug-likeness (QED) is 0.380. The monoisotopic (exact) mass is 546 g/mol. The van der Waals surface area contributed by atoms with Crippen molar-refractivity contribution in [1.82, 2.24) is 4.98 Å². The van der Waals surface area contributed by atoms with Gasteiger partial charge in [0.2, 0.25) is 0 Å². The first-order valence-electron chi connectivity index (χ1n) is 13.8. The van der Waals surface area contributed by atoms with Crippen LogP contribution in [0.25, 0.3) is 10.2 Å². The third-order valence-corrected chi connectivity index (χ3v) is 9.73. The summed E-state index contributed by atoms with van der Waals surface area (Å²) in [5.74, 6) is -1.51. The highest BCUT2D eigenvalue weighted by Crippen LogP contribution is 2.47. The number of nitrogens with two attached hydrogens (primary N) is 1. The molecule has 2 aliphatic heterocycles. The van der Waals surface area contributed by atoms with Crippen LogP contribution in [0.3, 0.4) is 0 Å². The third kappa shape index (κ3) is 5.97. The zero-order valence-electron chi connectivity index (χ0n) is 23.1. The molecular weight excluding hydrogens is 504 g/mol. The molecule has 4 rings (SSSR count). The molecule has 2 saturated heterocycles. The molecule has 0 saturated carbocycles. The normalized spacial score (nSPS) is 35.1. The number of hydrogen-bond acceptors (Lipinski definition) is 9. The molecule has 4 N–H and O–H groups in total. The Balaban J connectivity index is 1.62. The minimum atomic E-state index is -1.25. The number of benzene rings is 1. The molecule has 2 aliphatic rings. The zero-order valence-corrected chi connectivity index (χ0v) is 23.9. The summed E-state index contributed by atoms with van der Waals surface area (Å²) < 4.78 is 13.1. The van der Waals surface area contributed by atoms with Crippen molar-refractivity contribution in [2.75, 3.05) is 0 Å². The minimum absolute atomic E-state index is 0.0773. The average Bonchev–Trinajstić information content (AvgIpc) is 3.31. The van der Waals surface area contributed by atoms with Crippen LogP contribution >= 0.6 is 11.3 Å². The third-order valence-electron chi connectivity index (χ3n) is 8.67. The molecule has 1 aromatic heterocycles. The van der Waals surface area contributed by atoms with Gasteiger partial charge in [0, 0.05) is 18.9 Å². The second-order valence-electron chi connectivity index (χ2n) is 11.9. The molecule has 38 heavy (non-hydrogen) atoms. The van der Waals surface area contributed by atoms with Crippen molar-refractivity contribution in [2.45, 2.75) is 110 Å². The van der Waals surface area contributed by atoms with E-state index in [1.165, 1.54) is 11.3 Å². The summed E-state index contributed by atoms with van der Waals surface area (Å²) in [5.41, 5.74) is 5.84. The van der Waals surface area contributed by atoms with Crippen LogP contribution in [0.5, 0.6) is 0 Å². The maximum Gasteiger partial charge on any atom is 0.309 e. The van der Waals surface area contributed by atoms with Crippen LogP contribution in [0, 0.1) is 17.3 Å². The van der Waals surface area contributed by atoms with E-state index in [0.717, 1.165) is 40.1 Å². The SMILES string of the molecule is CC[C@@H]1C(=O)C(C)(C)[C@@H](O)CC(=O)O[C@H](c2ccc3sc(CN)nc3c2)C[C@@H]2O[C@@]2(C)CCC[C@H](C)[C@@H]1O. The molecule has 1 aromatic carbocycles. The Morgan fingerprint density at radius 1 is 1.21 bits per heavy atom. The van der Waals surface area contributed by atoms with Crippen molar-refractivity contribution in [1.29, 1.82) is 0 Å². The lowest BCUT2D eigenvalue weighted by molar-refractivity contribution is -0.156. The predicted octanol–water partition coefficient (Wildman–Crippen LogP) is 4.44. The lowest BCUT2D eigenvalue weighted by Gasteiger charge is -2.35. The minimum Gasteiger partial charge on any atom is -0.457 e. The Morgan fingerprint density at radius 3 is 2.63 bits per heavy atom. The van der Waals surface area contributed by atoms with Crippen LogP contribution in [0.2, 0.25) is 0 Å². The summed E-state index contributed by atoms with van der Waals surface area (Å²) in [6, 6.07) is 5.84. The molecular formula is C29H42N2O6S. The van der Waals surface area contributed by atoms with Crippen molar-refractivity contribution < 1.29 is 29.3 Å². The molecule has 9 heteroatoms. The van der Waals surface area contributed by atoms with Gasteiger partial charge in [-0.1, -0.05) is 40.2 Å². The van der Waals surface area contributed by atoms with E-state index in [0.29, 0.717) is 19.4 Å². The van der Waals surface area contributed by atoms with Crippen LogP contribution in [-0.4, -0.2) is 50.9 Å². The number of Topliss-reactive ketones (excluding diaryl/α,β-unsaturated/α-hetero) is 1. The fourth-order valence-corrected chi connectivity index (χ4v) is 6.55. The topological polar surface area (TPSA) is 135 Å². The summed E-state index contributed by atoms with van der Waals surface area (Å²) >= 11 is 1.54. The van der Waals surface area contributed by atoms with E-state index in [-0.39, 0.29) is 29.8 Å².